The fourth-order valence-electron chi connectivity index (χ4n) is 3.10. The molecule has 0 aromatic heterocycles. The van der Waals surface area contributed by atoms with E-state index < -0.39 is 7.67 Å². The van der Waals surface area contributed by atoms with Gasteiger partial charge in [-0.15, -0.1) is 0 Å². The molecular formula is C23H23Cl3S. The Bertz CT molecular complexity index is 848. The smallest absolute Gasteiger partial charge is 0.0310 e. The molecule has 0 aliphatic carbocycles. The Morgan fingerprint density at radius 3 is 1.41 bits per heavy atom. The van der Waals surface area contributed by atoms with Crippen LogP contribution >= 0.6 is 39.7 Å². The average molecular weight is 438 g/mol. The molecule has 0 spiro atoms. The summed E-state index contributed by atoms with van der Waals surface area (Å²) in [5.74, 6) is 0. The van der Waals surface area contributed by atoms with Gasteiger partial charge >= 0.3 is 0 Å². The van der Waals surface area contributed by atoms with E-state index in [2.05, 4.69) is 55.5 Å². The van der Waals surface area contributed by atoms with Crippen LogP contribution in [0.4, 0.5) is 0 Å². The average Bonchev–Trinajstić information content (AvgIpc) is 2.68. The molecule has 3 rings (SSSR count). The van der Waals surface area contributed by atoms with Gasteiger partial charge in [0.1, 0.15) is 0 Å². The third kappa shape index (κ3) is 5.68. The summed E-state index contributed by atoms with van der Waals surface area (Å²) < 4.78 is 0. The number of halogens is 3. The minimum Gasteiger partial charge on any atom is -0.0654 e. The molecule has 0 amide bonds. The Morgan fingerprint density at radius 2 is 1.00 bits per heavy atom. The molecule has 0 fully saturated rings. The number of hydrogen-bond acceptors (Lipinski definition) is 0. The normalized spacial score (nSPS) is 12.1. The highest BCUT2D eigenvalue weighted by atomic mass is 36.2. The molecular weight excluding hydrogens is 415 g/mol. The van der Waals surface area contributed by atoms with Crippen molar-refractivity contribution >= 4 is 39.7 Å². The molecule has 0 aliphatic rings. The second kappa shape index (κ2) is 9.39. The summed E-state index contributed by atoms with van der Waals surface area (Å²) in [6.45, 7) is 2.24. The fourth-order valence-corrected chi connectivity index (χ4v) is 4.47. The first-order chi connectivity index (χ1) is 13.0. The maximum Gasteiger partial charge on any atom is 0.0310 e. The van der Waals surface area contributed by atoms with Crippen molar-refractivity contribution in [1.82, 2.24) is 0 Å². The van der Waals surface area contributed by atoms with Crippen molar-refractivity contribution in [3.8, 4) is 22.3 Å². The third-order valence-corrected chi connectivity index (χ3v) is 7.11. The molecule has 0 saturated heterocycles. The lowest BCUT2D eigenvalue weighted by atomic mass is 9.98. The van der Waals surface area contributed by atoms with Gasteiger partial charge in [-0.1, -0.05) is 80.4 Å². The summed E-state index contributed by atoms with van der Waals surface area (Å²) in [7, 11) is 15.8. The zero-order chi connectivity index (χ0) is 19.3. The standard InChI is InChI=1S/C23H23Cl3S/c1-2-3-4-5-18-6-8-19(9-7-18)20-10-12-21(13-11-20)22-14-16-23(17-15-22)27(24,25)26/h6-17H,2-5H2,1H3. The highest BCUT2D eigenvalue weighted by Gasteiger charge is 2.16. The van der Waals surface area contributed by atoms with Crippen LogP contribution in [0, 0.1) is 0 Å². The van der Waals surface area contributed by atoms with E-state index in [1.807, 2.05) is 24.3 Å². The molecule has 0 saturated carbocycles. The predicted molar refractivity (Wildman–Crippen MR) is 124 cm³/mol. The van der Waals surface area contributed by atoms with E-state index in [1.54, 1.807) is 0 Å². The highest BCUT2D eigenvalue weighted by Crippen LogP contribution is 2.69. The van der Waals surface area contributed by atoms with Crippen molar-refractivity contribution in [1.29, 1.82) is 0 Å². The van der Waals surface area contributed by atoms with Crippen molar-refractivity contribution in [3.05, 3.63) is 78.4 Å². The third-order valence-electron chi connectivity index (χ3n) is 4.70. The van der Waals surface area contributed by atoms with Crippen LogP contribution in [-0.2, 0) is 6.42 Å². The molecule has 0 nitrogen and oxygen atoms in total. The molecule has 4 heteroatoms. The Balaban J connectivity index is 1.71. The van der Waals surface area contributed by atoms with Crippen LogP contribution in [0.25, 0.3) is 22.3 Å². The molecule has 0 atom stereocenters. The van der Waals surface area contributed by atoms with E-state index in [0.29, 0.717) is 0 Å². The number of hydrogen-bond donors (Lipinski definition) is 0. The monoisotopic (exact) mass is 436 g/mol. The van der Waals surface area contributed by atoms with Crippen LogP contribution in [0.5, 0.6) is 0 Å². The van der Waals surface area contributed by atoms with Gasteiger partial charge in [0, 0.05) is 12.6 Å². The molecule has 0 unspecified atom stereocenters. The van der Waals surface area contributed by atoms with Crippen molar-refractivity contribution < 1.29 is 0 Å². The van der Waals surface area contributed by atoms with Gasteiger partial charge in [-0.3, -0.25) is 0 Å². The molecule has 0 aliphatic heterocycles. The predicted octanol–water partition coefficient (Wildman–Crippen LogP) is 9.38. The SMILES string of the molecule is CCCCCc1ccc(-c2ccc(-c3ccc(S(Cl)(Cl)Cl)cc3)cc2)cc1. The lowest BCUT2D eigenvalue weighted by Crippen LogP contribution is -1.86. The van der Waals surface area contributed by atoms with E-state index >= 15 is 0 Å². The second-order valence-corrected chi connectivity index (χ2v) is 13.5. The minimum atomic E-state index is -2.24. The van der Waals surface area contributed by atoms with E-state index in [1.165, 1.54) is 42.4 Å². The van der Waals surface area contributed by atoms with Crippen LogP contribution in [0.2, 0.25) is 0 Å². The molecule has 0 N–H and O–H groups in total. The van der Waals surface area contributed by atoms with Crippen molar-refractivity contribution in [2.45, 2.75) is 37.5 Å². The van der Waals surface area contributed by atoms with Gasteiger partial charge < -0.3 is 0 Å². The van der Waals surface area contributed by atoms with Gasteiger partial charge in [0.2, 0.25) is 0 Å². The Hall–Kier alpha value is -1.12. The summed E-state index contributed by atoms with van der Waals surface area (Å²) in [6, 6.07) is 25.3. The van der Waals surface area contributed by atoms with Gasteiger partial charge in [0.15, 0.2) is 0 Å². The van der Waals surface area contributed by atoms with Crippen LogP contribution in [0.15, 0.2) is 77.7 Å². The lowest BCUT2D eigenvalue weighted by Gasteiger charge is -2.15. The van der Waals surface area contributed by atoms with Crippen molar-refractivity contribution in [2.24, 2.45) is 0 Å². The van der Waals surface area contributed by atoms with Crippen LogP contribution in [0.3, 0.4) is 0 Å². The van der Waals surface area contributed by atoms with Gasteiger partial charge in [-0.05, 0) is 84.8 Å². The van der Waals surface area contributed by atoms with Crippen molar-refractivity contribution in [2.75, 3.05) is 0 Å². The minimum absolute atomic E-state index is 0.756. The summed E-state index contributed by atoms with van der Waals surface area (Å²) in [6.07, 6.45) is 4.99. The van der Waals surface area contributed by atoms with Crippen LogP contribution in [0.1, 0.15) is 31.7 Å². The fraction of sp³-hybridized carbons (Fsp3) is 0.217. The zero-order valence-electron chi connectivity index (χ0n) is 15.3. The number of benzene rings is 3. The zero-order valence-corrected chi connectivity index (χ0v) is 18.4. The van der Waals surface area contributed by atoms with Gasteiger partial charge in [0.25, 0.3) is 0 Å². The number of unbranched alkanes of at least 4 members (excludes halogenated alkanes) is 2. The van der Waals surface area contributed by atoms with Crippen LogP contribution < -0.4 is 0 Å². The number of aryl methyl sites for hydroxylation is 1. The molecule has 0 bridgehead atoms. The topological polar surface area (TPSA) is 0 Å². The Kier molecular flexibility index (Phi) is 7.16. The second-order valence-electron chi connectivity index (χ2n) is 6.66. The lowest BCUT2D eigenvalue weighted by molar-refractivity contribution is 0.717. The molecule has 3 aromatic rings. The quantitative estimate of drug-likeness (QED) is 0.323. The molecule has 27 heavy (non-hydrogen) atoms. The van der Waals surface area contributed by atoms with Gasteiger partial charge in [-0.25, -0.2) is 0 Å². The molecule has 0 radical (unpaired) electrons. The summed E-state index contributed by atoms with van der Waals surface area (Å²) >= 11 is 0. The first kappa shape index (κ1) is 20.6. The van der Waals surface area contributed by atoms with Crippen molar-refractivity contribution in [3.63, 3.8) is 0 Å². The largest absolute Gasteiger partial charge is 0.0654 e. The number of rotatable bonds is 7. The van der Waals surface area contributed by atoms with E-state index in [0.717, 1.165) is 16.0 Å². The first-order valence-electron chi connectivity index (χ1n) is 9.19. The summed E-state index contributed by atoms with van der Waals surface area (Å²) in [5, 5.41) is 0. The molecule has 0 heterocycles. The molecule has 142 valence electrons. The summed E-state index contributed by atoms with van der Waals surface area (Å²) in [5.41, 5.74) is 6.16. The maximum atomic E-state index is 6.01. The maximum absolute atomic E-state index is 6.01. The van der Waals surface area contributed by atoms with E-state index in [4.69, 9.17) is 32.0 Å². The van der Waals surface area contributed by atoms with Crippen LogP contribution in [-0.4, -0.2) is 0 Å². The highest BCUT2D eigenvalue weighted by molar-refractivity contribution is 8.79. The molecule has 3 aromatic carbocycles. The van der Waals surface area contributed by atoms with Gasteiger partial charge in [-0.2, -0.15) is 0 Å². The van der Waals surface area contributed by atoms with E-state index in [9.17, 15) is 0 Å². The summed E-state index contributed by atoms with van der Waals surface area (Å²) in [4.78, 5) is 0.756. The Labute approximate surface area is 177 Å². The first-order valence-corrected chi connectivity index (χ1v) is 13.3. The Morgan fingerprint density at radius 1 is 0.593 bits per heavy atom. The van der Waals surface area contributed by atoms with E-state index in [-0.39, 0.29) is 0 Å². The van der Waals surface area contributed by atoms with Gasteiger partial charge in [0.05, 0.1) is 0 Å².